The van der Waals surface area contributed by atoms with Gasteiger partial charge < -0.3 is 0 Å². The highest BCUT2D eigenvalue weighted by atomic mass is 35.5. The van der Waals surface area contributed by atoms with Crippen molar-refractivity contribution in [1.29, 1.82) is 0 Å². The van der Waals surface area contributed by atoms with Crippen LogP contribution in [0.25, 0.3) is 0 Å². The zero-order valence-corrected chi connectivity index (χ0v) is 7.84. The quantitative estimate of drug-likeness (QED) is 0.682. The van der Waals surface area contributed by atoms with Gasteiger partial charge in [0.25, 0.3) is 0 Å². The van der Waals surface area contributed by atoms with Gasteiger partial charge in [-0.15, -0.1) is 0 Å². The molecule has 12 heavy (non-hydrogen) atoms. The van der Waals surface area contributed by atoms with E-state index in [1.165, 1.54) is 0 Å². The Hall–Kier alpha value is -0.530. The minimum atomic E-state index is -0.617. The van der Waals surface area contributed by atoms with Crippen molar-refractivity contribution in [2.75, 3.05) is 0 Å². The fourth-order valence-electron chi connectivity index (χ4n) is 1.14. The molecule has 1 nitrogen and oxygen atoms in total. The molecule has 0 N–H and O–H groups in total. The molecule has 1 atom stereocenters. The fourth-order valence-corrected chi connectivity index (χ4v) is 1.33. The molecule has 0 fully saturated rings. The minimum Gasteiger partial charge on any atom is -0.228 e. The van der Waals surface area contributed by atoms with Crippen LogP contribution in [0.15, 0.2) is 24.3 Å². The first kappa shape index (κ1) is 9.56. The van der Waals surface area contributed by atoms with Gasteiger partial charge in [0.05, 0.1) is 0 Å². The van der Waals surface area contributed by atoms with Crippen LogP contribution in [0.2, 0.25) is 5.02 Å². The second-order valence-corrected chi connectivity index (χ2v) is 3.27. The molecule has 0 heterocycles. The van der Waals surface area contributed by atoms with Gasteiger partial charge in [0.2, 0.25) is 0 Å². The lowest BCUT2D eigenvalue weighted by Crippen LogP contribution is -1.93. The Morgan fingerprint density at radius 3 is 2.83 bits per heavy atom. The molecule has 0 aliphatic rings. The first-order valence-corrected chi connectivity index (χ1v) is 4.53. The summed E-state index contributed by atoms with van der Waals surface area (Å²) in [6.07, 6.45) is 0.981. The highest BCUT2D eigenvalue weighted by molar-refractivity contribution is 6.30. The van der Waals surface area contributed by atoms with Crippen LogP contribution in [0.3, 0.4) is 0 Å². The van der Waals surface area contributed by atoms with E-state index in [4.69, 9.17) is 11.6 Å². The Labute approximate surface area is 78.0 Å². The molecule has 0 saturated carbocycles. The maximum Gasteiger partial charge on any atom is 0.118 e. The molecule has 0 aliphatic heterocycles. The van der Waals surface area contributed by atoms with Gasteiger partial charge in [-0.2, -0.15) is 0 Å². The third-order valence-electron chi connectivity index (χ3n) is 1.77. The van der Waals surface area contributed by atoms with Crippen LogP contribution >= 0.6 is 11.6 Å². The molecule has 0 saturated heterocycles. The van der Waals surface area contributed by atoms with E-state index in [0.29, 0.717) is 11.4 Å². The standard InChI is InChI=1S/C10H12ClO/c1-2-4-10(12)8-5-3-6-9(11)7-8/h3,5-7,10H,2,4H2,1H3. The lowest BCUT2D eigenvalue weighted by atomic mass is 10.1. The molecule has 0 aliphatic carbocycles. The number of hydrogen-bond acceptors (Lipinski definition) is 0. The number of halogens is 1. The molecule has 1 aromatic rings. The molecule has 1 unspecified atom stereocenters. The predicted molar refractivity (Wildman–Crippen MR) is 49.8 cm³/mol. The molecule has 2 heteroatoms. The van der Waals surface area contributed by atoms with E-state index in [0.717, 1.165) is 12.0 Å². The van der Waals surface area contributed by atoms with Gasteiger partial charge in [0.15, 0.2) is 0 Å². The van der Waals surface area contributed by atoms with Crippen molar-refractivity contribution >= 4 is 11.6 Å². The lowest BCUT2D eigenvalue weighted by Gasteiger charge is -2.06. The van der Waals surface area contributed by atoms with E-state index in [2.05, 4.69) is 0 Å². The molecule has 0 amide bonds. The average molecular weight is 184 g/mol. The highest BCUT2D eigenvalue weighted by Gasteiger charge is 2.07. The topological polar surface area (TPSA) is 19.9 Å². The largest absolute Gasteiger partial charge is 0.228 e. The zero-order chi connectivity index (χ0) is 8.97. The van der Waals surface area contributed by atoms with Crippen LogP contribution in [0.5, 0.6) is 0 Å². The van der Waals surface area contributed by atoms with Crippen LogP contribution in [0, 0.1) is 0 Å². The summed E-state index contributed by atoms with van der Waals surface area (Å²) in [7, 11) is 0. The molecular formula is C10H12ClO. The molecule has 1 aromatic carbocycles. The van der Waals surface area contributed by atoms with Gasteiger partial charge in [-0.3, -0.25) is 0 Å². The van der Waals surface area contributed by atoms with E-state index < -0.39 is 6.10 Å². The summed E-state index contributed by atoms with van der Waals surface area (Å²) in [6.45, 7) is 2.01. The first-order valence-electron chi connectivity index (χ1n) is 4.15. The molecule has 0 bridgehead atoms. The normalized spacial score (nSPS) is 12.9. The van der Waals surface area contributed by atoms with Crippen molar-refractivity contribution in [3.8, 4) is 0 Å². The van der Waals surface area contributed by atoms with Gasteiger partial charge in [-0.05, 0) is 24.1 Å². The Morgan fingerprint density at radius 2 is 2.25 bits per heavy atom. The third-order valence-corrected chi connectivity index (χ3v) is 2.01. The van der Waals surface area contributed by atoms with Crippen LogP contribution in [0.1, 0.15) is 31.4 Å². The Morgan fingerprint density at radius 1 is 1.50 bits per heavy atom. The van der Waals surface area contributed by atoms with E-state index in [1.807, 2.05) is 19.1 Å². The second-order valence-electron chi connectivity index (χ2n) is 2.83. The van der Waals surface area contributed by atoms with Crippen LogP contribution < -0.4 is 0 Å². The van der Waals surface area contributed by atoms with E-state index in [9.17, 15) is 5.11 Å². The van der Waals surface area contributed by atoms with Crippen molar-refractivity contribution in [3.05, 3.63) is 34.9 Å². The summed E-state index contributed by atoms with van der Waals surface area (Å²) >= 11 is 5.75. The smallest absolute Gasteiger partial charge is 0.118 e. The van der Waals surface area contributed by atoms with Gasteiger partial charge in [0.1, 0.15) is 6.10 Å². The Kier molecular flexibility index (Phi) is 3.57. The Bertz CT molecular complexity index is 247. The summed E-state index contributed by atoms with van der Waals surface area (Å²) in [4.78, 5) is 0. The lowest BCUT2D eigenvalue weighted by molar-refractivity contribution is 0.0805. The molecule has 0 spiro atoms. The van der Waals surface area contributed by atoms with Crippen molar-refractivity contribution in [1.82, 2.24) is 0 Å². The van der Waals surface area contributed by atoms with Gasteiger partial charge in [0, 0.05) is 5.02 Å². The monoisotopic (exact) mass is 183 g/mol. The van der Waals surface area contributed by atoms with Crippen LogP contribution in [0.4, 0.5) is 0 Å². The first-order chi connectivity index (χ1) is 5.74. The average Bonchev–Trinajstić information content (AvgIpc) is 2.05. The molecule has 65 valence electrons. The van der Waals surface area contributed by atoms with Gasteiger partial charge >= 0.3 is 0 Å². The maximum absolute atomic E-state index is 11.4. The van der Waals surface area contributed by atoms with E-state index >= 15 is 0 Å². The van der Waals surface area contributed by atoms with Crippen molar-refractivity contribution in [2.45, 2.75) is 25.9 Å². The molecular weight excluding hydrogens is 172 g/mol. The van der Waals surface area contributed by atoms with E-state index in [1.54, 1.807) is 12.1 Å². The number of benzene rings is 1. The van der Waals surface area contributed by atoms with Crippen molar-refractivity contribution < 1.29 is 5.11 Å². The van der Waals surface area contributed by atoms with Crippen LogP contribution in [-0.2, 0) is 5.11 Å². The molecule has 1 rings (SSSR count). The van der Waals surface area contributed by atoms with Crippen molar-refractivity contribution in [3.63, 3.8) is 0 Å². The summed E-state index contributed by atoms with van der Waals surface area (Å²) < 4.78 is 0. The summed E-state index contributed by atoms with van der Waals surface area (Å²) in [5.41, 5.74) is 0.796. The van der Waals surface area contributed by atoms with Gasteiger partial charge in [-0.1, -0.05) is 37.1 Å². The highest BCUT2D eigenvalue weighted by Crippen LogP contribution is 2.21. The maximum atomic E-state index is 11.4. The molecule has 1 radical (unpaired) electrons. The van der Waals surface area contributed by atoms with Crippen LogP contribution in [-0.4, -0.2) is 0 Å². The van der Waals surface area contributed by atoms with E-state index in [-0.39, 0.29) is 0 Å². The minimum absolute atomic E-state index is 0.617. The number of hydrogen-bond donors (Lipinski definition) is 0. The third kappa shape index (κ3) is 2.50. The number of rotatable bonds is 3. The van der Waals surface area contributed by atoms with Crippen molar-refractivity contribution in [2.24, 2.45) is 0 Å². The summed E-state index contributed by atoms with van der Waals surface area (Å²) in [5, 5.41) is 12.1. The SMILES string of the molecule is CCCC([O])c1cccc(Cl)c1. The molecule has 0 aromatic heterocycles. The summed E-state index contributed by atoms with van der Waals surface area (Å²) in [6, 6.07) is 7.18. The fraction of sp³-hybridized carbons (Fsp3) is 0.400. The summed E-state index contributed by atoms with van der Waals surface area (Å²) in [5.74, 6) is 0. The zero-order valence-electron chi connectivity index (χ0n) is 7.09. The predicted octanol–water partition coefficient (Wildman–Crippen LogP) is 3.61. The Balaban J connectivity index is 2.73. The second kappa shape index (κ2) is 4.48. The van der Waals surface area contributed by atoms with Gasteiger partial charge in [-0.25, -0.2) is 5.11 Å².